The molecule has 0 saturated heterocycles. The molecule has 1 atom stereocenters. The normalized spacial score (nSPS) is 11.8. The van der Waals surface area contributed by atoms with Gasteiger partial charge in [-0.1, -0.05) is 28.9 Å². The Bertz CT molecular complexity index is 675. The Morgan fingerprint density at radius 2 is 2.14 bits per heavy atom. The first-order valence-electron chi connectivity index (χ1n) is 7.16. The minimum Gasteiger partial charge on any atom is -0.352 e. The van der Waals surface area contributed by atoms with Crippen LogP contribution in [0.1, 0.15) is 36.3 Å². The quantitative estimate of drug-likeness (QED) is 0.842. The van der Waals surface area contributed by atoms with Gasteiger partial charge in [0.05, 0.1) is 0 Å². The number of aromatic nitrogens is 2. The smallest absolute Gasteiger partial charge is 0.274 e. The van der Waals surface area contributed by atoms with E-state index in [2.05, 4.69) is 43.5 Å². The SMILES string of the molecule is CCC(C)Nc1nccc(C(=O)Nc2ccc(C)c(Br)c2)n1. The zero-order valence-electron chi connectivity index (χ0n) is 12.9. The highest BCUT2D eigenvalue weighted by Gasteiger charge is 2.10. The largest absolute Gasteiger partial charge is 0.352 e. The zero-order valence-corrected chi connectivity index (χ0v) is 14.4. The lowest BCUT2D eigenvalue weighted by atomic mass is 10.2. The molecular weight excluding hydrogens is 344 g/mol. The lowest BCUT2D eigenvalue weighted by molar-refractivity contribution is 0.102. The Balaban J connectivity index is 2.12. The highest BCUT2D eigenvalue weighted by atomic mass is 79.9. The molecule has 116 valence electrons. The van der Waals surface area contributed by atoms with E-state index in [1.54, 1.807) is 12.3 Å². The fourth-order valence-electron chi connectivity index (χ4n) is 1.74. The van der Waals surface area contributed by atoms with Gasteiger partial charge in [0.15, 0.2) is 0 Å². The third-order valence-corrected chi connectivity index (χ3v) is 4.16. The molecule has 0 aliphatic rings. The van der Waals surface area contributed by atoms with Crippen molar-refractivity contribution >= 4 is 33.5 Å². The molecule has 5 nitrogen and oxygen atoms in total. The molecule has 6 heteroatoms. The summed E-state index contributed by atoms with van der Waals surface area (Å²) < 4.78 is 0.951. The predicted octanol–water partition coefficient (Wildman–Crippen LogP) is 4.01. The van der Waals surface area contributed by atoms with Gasteiger partial charge in [-0.05, 0) is 44.0 Å². The molecule has 2 aromatic rings. The number of carbonyl (C=O) groups excluding carboxylic acids is 1. The van der Waals surface area contributed by atoms with Crippen LogP contribution in [0.25, 0.3) is 0 Å². The number of carbonyl (C=O) groups is 1. The molecule has 0 saturated carbocycles. The lowest BCUT2D eigenvalue weighted by Gasteiger charge is -2.12. The Kier molecular flexibility index (Phi) is 5.49. The average Bonchev–Trinajstić information content (AvgIpc) is 2.51. The minimum absolute atomic E-state index is 0.256. The lowest BCUT2D eigenvalue weighted by Crippen LogP contribution is -2.19. The van der Waals surface area contributed by atoms with Gasteiger partial charge >= 0.3 is 0 Å². The van der Waals surface area contributed by atoms with Crippen molar-refractivity contribution in [2.45, 2.75) is 33.2 Å². The Labute approximate surface area is 138 Å². The average molecular weight is 363 g/mol. The van der Waals surface area contributed by atoms with Crippen LogP contribution in [0, 0.1) is 6.92 Å². The van der Waals surface area contributed by atoms with Gasteiger partial charge in [-0.25, -0.2) is 9.97 Å². The zero-order chi connectivity index (χ0) is 16.1. The van der Waals surface area contributed by atoms with Crippen LogP contribution in [0.4, 0.5) is 11.6 Å². The van der Waals surface area contributed by atoms with Crippen LogP contribution in [0.15, 0.2) is 34.9 Å². The van der Waals surface area contributed by atoms with Gasteiger partial charge in [0.25, 0.3) is 5.91 Å². The van der Waals surface area contributed by atoms with Gasteiger partial charge in [-0.15, -0.1) is 0 Å². The van der Waals surface area contributed by atoms with E-state index in [-0.39, 0.29) is 11.9 Å². The molecule has 2 N–H and O–H groups in total. The van der Waals surface area contributed by atoms with E-state index in [0.29, 0.717) is 11.6 Å². The minimum atomic E-state index is -0.259. The highest BCUT2D eigenvalue weighted by molar-refractivity contribution is 9.10. The summed E-state index contributed by atoms with van der Waals surface area (Å²) in [6.07, 6.45) is 2.54. The maximum absolute atomic E-state index is 12.3. The van der Waals surface area contributed by atoms with E-state index < -0.39 is 0 Å². The Morgan fingerprint density at radius 3 is 2.82 bits per heavy atom. The third kappa shape index (κ3) is 4.27. The second kappa shape index (κ2) is 7.35. The van der Waals surface area contributed by atoms with Crippen molar-refractivity contribution in [2.75, 3.05) is 10.6 Å². The van der Waals surface area contributed by atoms with Gasteiger partial charge in [0, 0.05) is 22.4 Å². The van der Waals surface area contributed by atoms with Gasteiger partial charge in [-0.2, -0.15) is 0 Å². The number of hydrogen-bond donors (Lipinski definition) is 2. The molecular formula is C16H19BrN4O. The molecule has 0 aliphatic heterocycles. The van der Waals surface area contributed by atoms with E-state index in [1.165, 1.54) is 0 Å². The molecule has 1 heterocycles. The van der Waals surface area contributed by atoms with Crippen LogP contribution < -0.4 is 10.6 Å². The molecule has 0 bridgehead atoms. The molecule has 1 aromatic heterocycles. The van der Waals surface area contributed by atoms with Crippen LogP contribution in [-0.4, -0.2) is 21.9 Å². The summed E-state index contributed by atoms with van der Waals surface area (Å²) in [4.78, 5) is 20.7. The number of benzene rings is 1. The molecule has 0 spiro atoms. The Morgan fingerprint density at radius 1 is 1.36 bits per heavy atom. The van der Waals surface area contributed by atoms with Crippen LogP contribution in [0.2, 0.25) is 0 Å². The number of amides is 1. The van der Waals surface area contributed by atoms with Crippen LogP contribution in [0.3, 0.4) is 0 Å². The van der Waals surface area contributed by atoms with E-state index in [1.807, 2.05) is 32.0 Å². The molecule has 1 unspecified atom stereocenters. The summed E-state index contributed by atoms with van der Waals surface area (Å²) in [6, 6.07) is 7.52. The molecule has 1 aromatic carbocycles. The molecule has 2 rings (SSSR count). The second-order valence-electron chi connectivity index (χ2n) is 5.14. The summed E-state index contributed by atoms with van der Waals surface area (Å²) in [5.74, 6) is 0.206. The number of anilines is 2. The standard InChI is InChI=1S/C16H19BrN4O/c1-4-11(3)19-16-18-8-7-14(21-16)15(22)20-12-6-5-10(2)13(17)9-12/h5-9,11H,4H2,1-3H3,(H,20,22)(H,18,19,21). The number of rotatable bonds is 5. The van der Waals surface area contributed by atoms with Crippen molar-refractivity contribution in [2.24, 2.45) is 0 Å². The first-order valence-corrected chi connectivity index (χ1v) is 7.96. The topological polar surface area (TPSA) is 66.9 Å². The monoisotopic (exact) mass is 362 g/mol. The molecule has 22 heavy (non-hydrogen) atoms. The number of halogens is 1. The van der Waals surface area contributed by atoms with Gasteiger partial charge in [0.2, 0.25) is 5.95 Å². The van der Waals surface area contributed by atoms with Crippen LogP contribution >= 0.6 is 15.9 Å². The maximum atomic E-state index is 12.3. The second-order valence-corrected chi connectivity index (χ2v) is 5.99. The van der Waals surface area contributed by atoms with Crippen molar-refractivity contribution in [1.29, 1.82) is 0 Å². The van der Waals surface area contributed by atoms with E-state index in [0.717, 1.165) is 22.1 Å². The van der Waals surface area contributed by atoms with E-state index >= 15 is 0 Å². The summed E-state index contributed by atoms with van der Waals surface area (Å²) in [5, 5.41) is 5.99. The van der Waals surface area contributed by atoms with Crippen LogP contribution in [-0.2, 0) is 0 Å². The molecule has 0 aliphatic carbocycles. The number of aryl methyl sites for hydroxylation is 1. The molecule has 1 amide bonds. The highest BCUT2D eigenvalue weighted by Crippen LogP contribution is 2.21. The molecule has 0 fully saturated rings. The summed E-state index contributed by atoms with van der Waals surface area (Å²) >= 11 is 3.45. The van der Waals surface area contributed by atoms with Gasteiger partial charge < -0.3 is 10.6 Å². The van der Waals surface area contributed by atoms with Gasteiger partial charge in [0.1, 0.15) is 5.69 Å². The summed E-state index contributed by atoms with van der Waals surface area (Å²) in [6.45, 7) is 6.11. The van der Waals surface area contributed by atoms with E-state index in [9.17, 15) is 4.79 Å². The molecule has 0 radical (unpaired) electrons. The van der Waals surface area contributed by atoms with Crippen LogP contribution in [0.5, 0.6) is 0 Å². The van der Waals surface area contributed by atoms with Crippen molar-refractivity contribution in [3.05, 3.63) is 46.2 Å². The summed E-state index contributed by atoms with van der Waals surface area (Å²) in [5.41, 5.74) is 2.16. The number of nitrogens with one attached hydrogen (secondary N) is 2. The number of nitrogens with zero attached hydrogens (tertiary/aromatic N) is 2. The third-order valence-electron chi connectivity index (χ3n) is 3.31. The Hall–Kier alpha value is -1.95. The van der Waals surface area contributed by atoms with Crippen molar-refractivity contribution in [1.82, 2.24) is 9.97 Å². The van der Waals surface area contributed by atoms with E-state index in [4.69, 9.17) is 0 Å². The fraction of sp³-hybridized carbons (Fsp3) is 0.312. The fourth-order valence-corrected chi connectivity index (χ4v) is 2.12. The number of hydrogen-bond acceptors (Lipinski definition) is 4. The van der Waals surface area contributed by atoms with Gasteiger partial charge in [-0.3, -0.25) is 4.79 Å². The predicted molar refractivity (Wildman–Crippen MR) is 92.2 cm³/mol. The maximum Gasteiger partial charge on any atom is 0.274 e. The summed E-state index contributed by atoms with van der Waals surface area (Å²) in [7, 11) is 0. The first-order chi connectivity index (χ1) is 10.5. The van der Waals surface area contributed by atoms with Crippen molar-refractivity contribution < 1.29 is 4.79 Å². The van der Waals surface area contributed by atoms with Crippen molar-refractivity contribution in [3.63, 3.8) is 0 Å². The van der Waals surface area contributed by atoms with Crippen molar-refractivity contribution in [3.8, 4) is 0 Å². The first kappa shape index (κ1) is 16.4.